The minimum atomic E-state index is -0.133. The third kappa shape index (κ3) is 3.76. The Bertz CT molecular complexity index is 1040. The minimum absolute atomic E-state index is 0.0928. The van der Waals surface area contributed by atoms with E-state index in [1.807, 2.05) is 35.8 Å². The summed E-state index contributed by atoms with van der Waals surface area (Å²) in [7, 11) is 0. The lowest BCUT2D eigenvalue weighted by atomic mass is 10.2. The second kappa shape index (κ2) is 7.19. The van der Waals surface area contributed by atoms with Crippen molar-refractivity contribution in [2.24, 2.45) is 0 Å². The highest BCUT2D eigenvalue weighted by Gasteiger charge is 2.23. The molecule has 0 aliphatic heterocycles. The number of para-hydroxylation sites is 1. The maximum absolute atomic E-state index is 12.6. The predicted molar refractivity (Wildman–Crippen MR) is 110 cm³/mol. The van der Waals surface area contributed by atoms with Gasteiger partial charge >= 0.3 is 0 Å². The first-order valence-corrected chi connectivity index (χ1v) is 9.76. The molecule has 1 aromatic heterocycles. The predicted octanol–water partition coefficient (Wildman–Crippen LogP) is 4.24. The summed E-state index contributed by atoms with van der Waals surface area (Å²) in [5.74, 6) is -0.226. The van der Waals surface area contributed by atoms with E-state index in [2.05, 4.69) is 26.6 Å². The molecule has 2 aromatic carbocycles. The maximum Gasteiger partial charge on any atom is 0.251 e. The molecule has 1 aliphatic carbocycles. The minimum Gasteiger partial charge on any atom is -0.349 e. The number of amides is 2. The van der Waals surface area contributed by atoms with E-state index in [-0.39, 0.29) is 18.4 Å². The van der Waals surface area contributed by atoms with Crippen LogP contribution in [0.2, 0.25) is 0 Å². The third-order valence-electron chi connectivity index (χ3n) is 4.78. The van der Waals surface area contributed by atoms with Crippen LogP contribution in [-0.2, 0) is 11.3 Å². The van der Waals surface area contributed by atoms with E-state index < -0.39 is 0 Å². The van der Waals surface area contributed by atoms with Crippen LogP contribution in [0.25, 0.3) is 10.9 Å². The van der Waals surface area contributed by atoms with Crippen molar-refractivity contribution in [3.05, 3.63) is 64.3 Å². The van der Waals surface area contributed by atoms with Crippen LogP contribution in [0.4, 0.5) is 5.69 Å². The number of nitrogens with zero attached hydrogens (tertiary/aromatic N) is 1. The fourth-order valence-corrected chi connectivity index (χ4v) is 3.72. The summed E-state index contributed by atoms with van der Waals surface area (Å²) in [6, 6.07) is 15.3. The van der Waals surface area contributed by atoms with Gasteiger partial charge in [-0.2, -0.15) is 0 Å². The van der Waals surface area contributed by atoms with Crippen molar-refractivity contribution in [3.8, 4) is 0 Å². The Morgan fingerprint density at radius 2 is 1.93 bits per heavy atom. The molecule has 6 heteroatoms. The lowest BCUT2D eigenvalue weighted by molar-refractivity contribution is -0.116. The van der Waals surface area contributed by atoms with Gasteiger partial charge in [-0.3, -0.25) is 9.59 Å². The molecular weight excluding hydrogens is 406 g/mol. The molecule has 0 spiro atoms. The summed E-state index contributed by atoms with van der Waals surface area (Å²) in [6.07, 6.45) is 2.09. The van der Waals surface area contributed by atoms with Gasteiger partial charge < -0.3 is 15.2 Å². The number of halogens is 1. The Labute approximate surface area is 165 Å². The lowest BCUT2D eigenvalue weighted by Crippen LogP contribution is -2.25. The lowest BCUT2D eigenvalue weighted by Gasteiger charge is -2.10. The zero-order chi connectivity index (χ0) is 19.0. The van der Waals surface area contributed by atoms with E-state index in [0.717, 1.165) is 33.9 Å². The smallest absolute Gasteiger partial charge is 0.251 e. The van der Waals surface area contributed by atoms with E-state index >= 15 is 0 Å². The van der Waals surface area contributed by atoms with Crippen molar-refractivity contribution in [1.29, 1.82) is 0 Å². The Morgan fingerprint density at radius 3 is 2.70 bits per heavy atom. The largest absolute Gasteiger partial charge is 0.349 e. The Balaban J connectivity index is 1.50. The molecule has 2 N–H and O–H groups in total. The molecule has 0 saturated heterocycles. The highest BCUT2D eigenvalue weighted by Crippen LogP contribution is 2.30. The molecule has 3 aromatic rings. The second-order valence-corrected chi connectivity index (χ2v) is 7.67. The molecule has 0 unspecified atom stereocenters. The maximum atomic E-state index is 12.6. The topological polar surface area (TPSA) is 63.1 Å². The van der Waals surface area contributed by atoms with E-state index in [0.29, 0.717) is 17.3 Å². The van der Waals surface area contributed by atoms with Gasteiger partial charge in [-0.1, -0.05) is 24.3 Å². The highest BCUT2D eigenvalue weighted by atomic mass is 79.9. The van der Waals surface area contributed by atoms with Crippen LogP contribution in [0.1, 0.15) is 28.9 Å². The fraction of sp³-hybridized carbons (Fsp3) is 0.238. The van der Waals surface area contributed by atoms with Crippen molar-refractivity contribution in [2.75, 3.05) is 5.32 Å². The summed E-state index contributed by atoms with van der Waals surface area (Å²) in [4.78, 5) is 24.8. The van der Waals surface area contributed by atoms with Crippen molar-refractivity contribution >= 4 is 44.3 Å². The first kappa shape index (κ1) is 17.8. The van der Waals surface area contributed by atoms with Gasteiger partial charge in [0, 0.05) is 38.4 Å². The summed E-state index contributed by atoms with van der Waals surface area (Å²) in [6.45, 7) is 2.19. The average molecular weight is 426 g/mol. The van der Waals surface area contributed by atoms with E-state index in [9.17, 15) is 9.59 Å². The number of hydrogen-bond donors (Lipinski definition) is 2. The zero-order valence-electron chi connectivity index (χ0n) is 15.0. The third-order valence-corrected chi connectivity index (χ3v) is 5.78. The van der Waals surface area contributed by atoms with Gasteiger partial charge in [0.05, 0.1) is 0 Å². The SMILES string of the molecule is Cc1c(Br)c2ccccc2n1CC(=O)Nc1cccc(C(=O)NC2CC2)c1. The van der Waals surface area contributed by atoms with Crippen molar-refractivity contribution in [2.45, 2.75) is 32.4 Å². The molecule has 1 fully saturated rings. The monoisotopic (exact) mass is 425 g/mol. The number of carbonyl (C=O) groups is 2. The molecule has 0 radical (unpaired) electrons. The van der Waals surface area contributed by atoms with Gasteiger partial charge in [0.15, 0.2) is 0 Å². The first-order valence-electron chi connectivity index (χ1n) is 8.97. The molecule has 4 rings (SSSR count). The molecule has 1 saturated carbocycles. The molecule has 0 atom stereocenters. The summed E-state index contributed by atoms with van der Waals surface area (Å²) >= 11 is 3.61. The van der Waals surface area contributed by atoms with Crippen LogP contribution in [0, 0.1) is 6.92 Å². The number of fused-ring (bicyclic) bond motifs is 1. The normalized spacial score (nSPS) is 13.6. The highest BCUT2D eigenvalue weighted by molar-refractivity contribution is 9.10. The van der Waals surface area contributed by atoms with Crippen LogP contribution >= 0.6 is 15.9 Å². The first-order chi connectivity index (χ1) is 13.0. The van der Waals surface area contributed by atoms with Crippen molar-refractivity contribution in [1.82, 2.24) is 9.88 Å². The molecule has 1 aliphatic rings. The van der Waals surface area contributed by atoms with Gasteiger partial charge in [-0.25, -0.2) is 0 Å². The summed E-state index contributed by atoms with van der Waals surface area (Å²) in [5.41, 5.74) is 3.19. The number of rotatable bonds is 5. The van der Waals surface area contributed by atoms with Crippen LogP contribution in [-0.4, -0.2) is 22.4 Å². The molecule has 5 nitrogen and oxygen atoms in total. The van der Waals surface area contributed by atoms with Crippen LogP contribution in [0.5, 0.6) is 0 Å². The second-order valence-electron chi connectivity index (χ2n) is 6.88. The van der Waals surface area contributed by atoms with Gasteiger partial charge in [-0.05, 0) is 60.0 Å². The Morgan fingerprint density at radius 1 is 1.15 bits per heavy atom. The van der Waals surface area contributed by atoms with Crippen molar-refractivity contribution in [3.63, 3.8) is 0 Å². The number of benzene rings is 2. The Hall–Kier alpha value is -2.60. The van der Waals surface area contributed by atoms with E-state index in [1.54, 1.807) is 24.3 Å². The van der Waals surface area contributed by atoms with Gasteiger partial charge in [0.1, 0.15) is 6.54 Å². The average Bonchev–Trinajstić information content (AvgIpc) is 3.45. The number of nitrogens with one attached hydrogen (secondary N) is 2. The fourth-order valence-electron chi connectivity index (χ4n) is 3.17. The summed E-state index contributed by atoms with van der Waals surface area (Å²) in [5, 5.41) is 6.95. The quantitative estimate of drug-likeness (QED) is 0.641. The van der Waals surface area contributed by atoms with Crippen LogP contribution in [0.3, 0.4) is 0 Å². The molecule has 27 heavy (non-hydrogen) atoms. The number of anilines is 1. The molecule has 138 valence electrons. The van der Waals surface area contributed by atoms with Gasteiger partial charge in [0.25, 0.3) is 5.91 Å². The van der Waals surface area contributed by atoms with Gasteiger partial charge in [0.2, 0.25) is 5.91 Å². The van der Waals surface area contributed by atoms with E-state index in [4.69, 9.17) is 0 Å². The number of hydrogen-bond acceptors (Lipinski definition) is 2. The molecular formula is C21H20BrN3O2. The van der Waals surface area contributed by atoms with Gasteiger partial charge in [-0.15, -0.1) is 0 Å². The standard InChI is InChI=1S/C21H20BrN3O2/c1-13-20(22)17-7-2-3-8-18(17)25(13)12-19(26)23-16-6-4-5-14(11-16)21(27)24-15-9-10-15/h2-8,11,15H,9-10,12H2,1H3,(H,23,26)(H,24,27). The summed E-state index contributed by atoms with van der Waals surface area (Å²) < 4.78 is 2.99. The Kier molecular flexibility index (Phi) is 4.74. The van der Waals surface area contributed by atoms with E-state index in [1.165, 1.54) is 0 Å². The van der Waals surface area contributed by atoms with Crippen molar-refractivity contribution < 1.29 is 9.59 Å². The number of aromatic nitrogens is 1. The molecule has 2 amide bonds. The molecule has 1 heterocycles. The van der Waals surface area contributed by atoms with Crippen LogP contribution in [0.15, 0.2) is 53.0 Å². The zero-order valence-corrected chi connectivity index (χ0v) is 16.5. The van der Waals surface area contributed by atoms with Crippen LogP contribution < -0.4 is 10.6 Å². The number of carbonyl (C=O) groups excluding carboxylic acids is 2. The molecule has 0 bridgehead atoms.